The zero-order chi connectivity index (χ0) is 9.14. The largest absolute Gasteiger partial charge is 0.374 e. The zero-order valence-corrected chi connectivity index (χ0v) is 9.27. The van der Waals surface area contributed by atoms with Crippen molar-refractivity contribution in [1.82, 2.24) is 0 Å². The first-order valence-electron chi connectivity index (χ1n) is 4.78. The molecule has 0 spiro atoms. The van der Waals surface area contributed by atoms with Gasteiger partial charge in [0.05, 0.1) is 25.4 Å². The highest BCUT2D eigenvalue weighted by Gasteiger charge is 2.43. The van der Waals surface area contributed by atoms with E-state index in [1.165, 1.54) is 0 Å². The van der Waals surface area contributed by atoms with Gasteiger partial charge in [-0.05, 0) is 0 Å². The first-order valence-corrected chi connectivity index (χ1v) is 5.44. The molecular formula is C9H19O2P. The summed E-state index contributed by atoms with van der Waals surface area (Å²) in [5, 5.41) is 0. The predicted molar refractivity (Wildman–Crippen MR) is 53.5 cm³/mol. The van der Waals surface area contributed by atoms with E-state index in [1.807, 2.05) is 13.8 Å². The van der Waals surface area contributed by atoms with Gasteiger partial charge in [0, 0.05) is 11.6 Å². The molecule has 0 saturated carbocycles. The smallest absolute Gasteiger partial charge is 0.0924 e. The van der Waals surface area contributed by atoms with E-state index in [2.05, 4.69) is 16.2 Å². The maximum Gasteiger partial charge on any atom is 0.0924 e. The van der Waals surface area contributed by atoms with Crippen LogP contribution in [0.3, 0.4) is 0 Å². The molecule has 0 bridgehead atoms. The molecule has 72 valence electrons. The highest BCUT2D eigenvalue weighted by molar-refractivity contribution is 7.17. The van der Waals surface area contributed by atoms with Gasteiger partial charge in [-0.15, -0.1) is 9.24 Å². The summed E-state index contributed by atoms with van der Waals surface area (Å²) in [5.74, 6) is 0.593. The maximum absolute atomic E-state index is 5.56. The highest BCUT2D eigenvalue weighted by Crippen LogP contribution is 2.33. The van der Waals surface area contributed by atoms with Crippen LogP contribution in [0.15, 0.2) is 0 Å². The monoisotopic (exact) mass is 190 g/mol. The van der Waals surface area contributed by atoms with Crippen LogP contribution >= 0.6 is 9.24 Å². The standard InChI is InChI=1S/C7H13O2P.C2H6/c1-4-2-8-7-5(10)3-9-6(4)7;1-2/h4-7H,2-3,10H2,1H3;1-2H3. The van der Waals surface area contributed by atoms with Crippen LogP contribution in [0, 0.1) is 5.92 Å². The van der Waals surface area contributed by atoms with Crippen molar-refractivity contribution in [1.29, 1.82) is 0 Å². The van der Waals surface area contributed by atoms with Crippen LogP contribution in [0.2, 0.25) is 0 Å². The summed E-state index contributed by atoms with van der Waals surface area (Å²) in [4.78, 5) is 0. The summed E-state index contributed by atoms with van der Waals surface area (Å²) in [6, 6.07) is 0. The van der Waals surface area contributed by atoms with E-state index in [-0.39, 0.29) is 0 Å². The Balaban J connectivity index is 0.000000336. The minimum absolute atomic E-state index is 0.361. The Morgan fingerprint density at radius 3 is 2.25 bits per heavy atom. The van der Waals surface area contributed by atoms with E-state index < -0.39 is 0 Å². The molecule has 12 heavy (non-hydrogen) atoms. The number of fused-ring (bicyclic) bond motifs is 1. The topological polar surface area (TPSA) is 18.5 Å². The van der Waals surface area contributed by atoms with E-state index >= 15 is 0 Å². The quantitative estimate of drug-likeness (QED) is 0.541. The van der Waals surface area contributed by atoms with Gasteiger partial charge in [-0.1, -0.05) is 20.8 Å². The van der Waals surface area contributed by atoms with E-state index in [0.29, 0.717) is 23.8 Å². The summed E-state index contributed by atoms with van der Waals surface area (Å²) in [6.07, 6.45) is 0.738. The van der Waals surface area contributed by atoms with Crippen LogP contribution in [0.5, 0.6) is 0 Å². The second-order valence-electron chi connectivity index (χ2n) is 3.24. The molecule has 5 unspecified atom stereocenters. The zero-order valence-electron chi connectivity index (χ0n) is 8.12. The minimum Gasteiger partial charge on any atom is -0.374 e. The Labute approximate surface area is 77.2 Å². The van der Waals surface area contributed by atoms with Crippen LogP contribution in [-0.2, 0) is 9.47 Å². The second-order valence-corrected chi connectivity index (χ2v) is 4.09. The average Bonchev–Trinajstić information content (AvgIpc) is 2.62. The summed E-state index contributed by atoms with van der Waals surface area (Å²) in [5.41, 5.74) is 0.523. The van der Waals surface area contributed by atoms with Crippen molar-refractivity contribution in [2.75, 3.05) is 13.2 Å². The average molecular weight is 190 g/mol. The van der Waals surface area contributed by atoms with Crippen LogP contribution in [0.1, 0.15) is 20.8 Å². The molecule has 0 aromatic heterocycles. The lowest BCUT2D eigenvalue weighted by atomic mass is 10.0. The Morgan fingerprint density at radius 1 is 1.08 bits per heavy atom. The molecule has 5 atom stereocenters. The first-order chi connectivity index (χ1) is 5.79. The number of rotatable bonds is 0. The van der Waals surface area contributed by atoms with Gasteiger partial charge in [0.1, 0.15) is 0 Å². The van der Waals surface area contributed by atoms with Crippen LogP contribution < -0.4 is 0 Å². The molecule has 0 N–H and O–H groups in total. The van der Waals surface area contributed by atoms with Gasteiger partial charge in [0.15, 0.2) is 0 Å². The number of hydrogen-bond acceptors (Lipinski definition) is 2. The van der Waals surface area contributed by atoms with Gasteiger partial charge < -0.3 is 9.47 Å². The molecule has 2 aliphatic heterocycles. The van der Waals surface area contributed by atoms with Gasteiger partial charge in [-0.2, -0.15) is 0 Å². The van der Waals surface area contributed by atoms with Crippen molar-refractivity contribution >= 4 is 9.24 Å². The van der Waals surface area contributed by atoms with Crippen molar-refractivity contribution in [3.05, 3.63) is 0 Å². The fourth-order valence-corrected chi connectivity index (χ4v) is 2.16. The molecule has 2 rings (SSSR count). The third-order valence-electron chi connectivity index (χ3n) is 2.34. The van der Waals surface area contributed by atoms with Crippen molar-refractivity contribution in [2.45, 2.75) is 38.6 Å². The number of hydrogen-bond donors (Lipinski definition) is 0. The fraction of sp³-hybridized carbons (Fsp3) is 1.00. The first kappa shape index (κ1) is 10.4. The van der Waals surface area contributed by atoms with Crippen LogP contribution in [0.25, 0.3) is 0 Å². The molecule has 0 aliphatic carbocycles. The van der Waals surface area contributed by atoms with Crippen molar-refractivity contribution in [3.63, 3.8) is 0 Å². The molecule has 2 fully saturated rings. The molecule has 2 saturated heterocycles. The van der Waals surface area contributed by atoms with Gasteiger partial charge in [0.25, 0.3) is 0 Å². The van der Waals surface area contributed by atoms with Gasteiger partial charge in [0.2, 0.25) is 0 Å². The predicted octanol–water partition coefficient (Wildman–Crippen LogP) is 1.69. The van der Waals surface area contributed by atoms with Crippen molar-refractivity contribution in [3.8, 4) is 0 Å². The van der Waals surface area contributed by atoms with Crippen LogP contribution in [0.4, 0.5) is 0 Å². The Bertz CT molecular complexity index is 124. The molecule has 0 aromatic rings. The highest BCUT2D eigenvalue weighted by atomic mass is 31.0. The van der Waals surface area contributed by atoms with Crippen molar-refractivity contribution in [2.24, 2.45) is 5.92 Å². The SMILES string of the molecule is CC.CC1COC2C(P)COC12. The Morgan fingerprint density at radius 2 is 1.67 bits per heavy atom. The van der Waals surface area contributed by atoms with E-state index in [0.717, 1.165) is 13.2 Å². The second kappa shape index (κ2) is 4.55. The lowest BCUT2D eigenvalue weighted by Gasteiger charge is -2.10. The third kappa shape index (κ3) is 1.81. The molecule has 2 heterocycles. The molecule has 0 amide bonds. The molecule has 0 aromatic carbocycles. The minimum atomic E-state index is 0.361. The number of ether oxygens (including phenoxy) is 2. The van der Waals surface area contributed by atoms with E-state index in [1.54, 1.807) is 0 Å². The van der Waals surface area contributed by atoms with Gasteiger partial charge in [-0.25, -0.2) is 0 Å². The normalized spacial score (nSPS) is 45.0. The molecule has 3 heteroatoms. The molecule has 0 radical (unpaired) electrons. The van der Waals surface area contributed by atoms with E-state index in [4.69, 9.17) is 9.47 Å². The summed E-state index contributed by atoms with van der Waals surface area (Å²) >= 11 is 0. The van der Waals surface area contributed by atoms with Gasteiger partial charge in [-0.3, -0.25) is 0 Å². The summed E-state index contributed by atoms with van der Waals surface area (Å²) in [7, 11) is 2.79. The van der Waals surface area contributed by atoms with Crippen molar-refractivity contribution < 1.29 is 9.47 Å². The molecule has 2 aliphatic rings. The van der Waals surface area contributed by atoms with Gasteiger partial charge >= 0.3 is 0 Å². The summed E-state index contributed by atoms with van der Waals surface area (Å²) in [6.45, 7) is 7.91. The molecule has 2 nitrogen and oxygen atoms in total. The maximum atomic E-state index is 5.56. The lowest BCUT2D eigenvalue weighted by Crippen LogP contribution is -2.24. The Hall–Kier alpha value is 0.350. The molecular weight excluding hydrogens is 171 g/mol. The fourth-order valence-electron chi connectivity index (χ4n) is 1.72. The van der Waals surface area contributed by atoms with E-state index in [9.17, 15) is 0 Å². The third-order valence-corrected chi connectivity index (χ3v) is 2.91. The Kier molecular flexibility index (Phi) is 3.95. The summed E-state index contributed by atoms with van der Waals surface area (Å²) < 4.78 is 11.1. The van der Waals surface area contributed by atoms with Crippen LogP contribution in [-0.4, -0.2) is 31.1 Å². The lowest BCUT2D eigenvalue weighted by molar-refractivity contribution is 0.0660.